The minimum absolute atomic E-state index is 0.436. The molecular formula is C18H17N2O4-. The summed E-state index contributed by atoms with van der Waals surface area (Å²) in [6.07, 6.45) is 0. The van der Waals surface area contributed by atoms with Crippen molar-refractivity contribution in [3.63, 3.8) is 0 Å². The Balaban J connectivity index is 2.40. The Morgan fingerprint density at radius 2 is 1.75 bits per heavy atom. The lowest BCUT2D eigenvalue weighted by atomic mass is 9.99. The molecule has 0 radical (unpaired) electrons. The van der Waals surface area contributed by atoms with Crippen LogP contribution < -0.4 is 19.9 Å². The topological polar surface area (TPSA) is 94.4 Å². The van der Waals surface area contributed by atoms with Gasteiger partial charge < -0.3 is 24.7 Å². The molecule has 2 rings (SSSR count). The SMILES string of the molecule is COc1cc(C)c(C(Nc2ccc(C#N)cc2)C(=O)[O-])cc1OC. The van der Waals surface area contributed by atoms with Crippen LogP contribution in [0.3, 0.4) is 0 Å². The van der Waals surface area contributed by atoms with Crippen LogP contribution in [0.5, 0.6) is 11.5 Å². The Morgan fingerprint density at radius 3 is 2.25 bits per heavy atom. The highest BCUT2D eigenvalue weighted by Gasteiger charge is 2.18. The van der Waals surface area contributed by atoms with E-state index >= 15 is 0 Å². The predicted octanol–water partition coefficient (Wildman–Crippen LogP) is 1.79. The van der Waals surface area contributed by atoms with E-state index in [1.54, 1.807) is 43.3 Å². The van der Waals surface area contributed by atoms with Crippen LogP contribution in [0.1, 0.15) is 22.7 Å². The Hall–Kier alpha value is -3.20. The van der Waals surface area contributed by atoms with Gasteiger partial charge in [-0.3, -0.25) is 0 Å². The second-order valence-electron chi connectivity index (χ2n) is 5.15. The van der Waals surface area contributed by atoms with Crippen molar-refractivity contribution < 1.29 is 19.4 Å². The molecule has 1 unspecified atom stereocenters. The van der Waals surface area contributed by atoms with E-state index in [4.69, 9.17) is 14.7 Å². The van der Waals surface area contributed by atoms with Gasteiger partial charge in [-0.25, -0.2) is 0 Å². The first-order chi connectivity index (χ1) is 11.5. The molecule has 124 valence electrons. The number of nitrogens with one attached hydrogen (secondary N) is 1. The van der Waals surface area contributed by atoms with Gasteiger partial charge in [-0.05, 0) is 54.4 Å². The van der Waals surface area contributed by atoms with Gasteiger partial charge in [-0.2, -0.15) is 5.26 Å². The van der Waals surface area contributed by atoms with E-state index in [0.29, 0.717) is 28.3 Å². The molecule has 0 saturated carbocycles. The Kier molecular flexibility index (Phi) is 5.27. The highest BCUT2D eigenvalue weighted by Crippen LogP contribution is 2.34. The second-order valence-corrected chi connectivity index (χ2v) is 5.15. The summed E-state index contributed by atoms with van der Waals surface area (Å²) in [6, 6.07) is 10.8. The lowest BCUT2D eigenvalue weighted by molar-refractivity contribution is -0.307. The molecule has 2 aromatic rings. The molecule has 0 aliphatic heterocycles. The summed E-state index contributed by atoms with van der Waals surface area (Å²) in [4.78, 5) is 11.6. The Morgan fingerprint density at radius 1 is 1.17 bits per heavy atom. The smallest absolute Gasteiger partial charge is 0.161 e. The summed E-state index contributed by atoms with van der Waals surface area (Å²) in [6.45, 7) is 1.79. The number of carboxylic acid groups (broad SMARTS) is 1. The van der Waals surface area contributed by atoms with Crippen molar-refractivity contribution in [3.8, 4) is 17.6 Å². The molecule has 0 saturated heterocycles. The second kappa shape index (κ2) is 7.38. The van der Waals surface area contributed by atoms with Gasteiger partial charge in [-0.15, -0.1) is 0 Å². The number of anilines is 1. The third-order valence-electron chi connectivity index (χ3n) is 3.64. The molecule has 1 atom stereocenters. The number of ether oxygens (including phenoxy) is 2. The Labute approximate surface area is 140 Å². The van der Waals surface area contributed by atoms with E-state index in [2.05, 4.69) is 5.32 Å². The number of carboxylic acids is 1. The van der Waals surface area contributed by atoms with Crippen molar-refractivity contribution in [2.45, 2.75) is 13.0 Å². The summed E-state index contributed by atoms with van der Waals surface area (Å²) in [5.41, 5.74) is 2.30. The molecule has 6 nitrogen and oxygen atoms in total. The summed E-state index contributed by atoms with van der Waals surface area (Å²) in [5.74, 6) is -0.310. The van der Waals surface area contributed by atoms with E-state index in [9.17, 15) is 9.90 Å². The van der Waals surface area contributed by atoms with Crippen LogP contribution in [0.4, 0.5) is 5.69 Å². The highest BCUT2D eigenvalue weighted by molar-refractivity contribution is 5.78. The molecule has 0 aliphatic carbocycles. The largest absolute Gasteiger partial charge is 0.548 e. The zero-order chi connectivity index (χ0) is 17.7. The number of aliphatic carboxylic acids is 1. The number of carbonyl (C=O) groups excluding carboxylic acids is 1. The number of carbonyl (C=O) groups is 1. The number of nitrogens with zero attached hydrogens (tertiary/aromatic N) is 1. The summed E-state index contributed by atoms with van der Waals surface area (Å²) in [5, 5.41) is 23.4. The van der Waals surface area contributed by atoms with Crippen LogP contribution in [-0.4, -0.2) is 20.2 Å². The fourth-order valence-electron chi connectivity index (χ4n) is 2.38. The predicted molar refractivity (Wildman–Crippen MR) is 86.8 cm³/mol. The summed E-state index contributed by atoms with van der Waals surface area (Å²) >= 11 is 0. The minimum atomic E-state index is -1.27. The molecule has 0 heterocycles. The van der Waals surface area contributed by atoms with Gasteiger partial charge in [0, 0.05) is 5.69 Å². The van der Waals surface area contributed by atoms with Gasteiger partial charge in [0.15, 0.2) is 11.5 Å². The van der Waals surface area contributed by atoms with Crippen molar-refractivity contribution >= 4 is 11.7 Å². The molecule has 0 spiro atoms. The zero-order valence-corrected chi connectivity index (χ0v) is 13.6. The standard InChI is InChI=1S/C18H18N2O4/c1-11-8-15(23-2)16(24-3)9-14(11)17(18(21)22)20-13-6-4-12(10-19)5-7-13/h4-9,17,20H,1-3H3,(H,21,22)/p-1. The number of nitriles is 1. The van der Waals surface area contributed by atoms with E-state index in [0.717, 1.165) is 5.56 Å². The number of aryl methyl sites for hydroxylation is 1. The van der Waals surface area contributed by atoms with Gasteiger partial charge in [0.05, 0.1) is 37.9 Å². The number of methoxy groups -OCH3 is 2. The third-order valence-corrected chi connectivity index (χ3v) is 3.64. The first-order valence-corrected chi connectivity index (χ1v) is 7.20. The lowest BCUT2D eigenvalue weighted by Gasteiger charge is -2.24. The maximum Gasteiger partial charge on any atom is 0.161 e. The number of hydrogen-bond donors (Lipinski definition) is 1. The summed E-state index contributed by atoms with van der Waals surface area (Å²) in [7, 11) is 3.00. The molecule has 0 bridgehead atoms. The zero-order valence-electron chi connectivity index (χ0n) is 13.6. The number of benzene rings is 2. The molecule has 6 heteroatoms. The van der Waals surface area contributed by atoms with Crippen LogP contribution >= 0.6 is 0 Å². The van der Waals surface area contributed by atoms with Crippen LogP contribution in [-0.2, 0) is 4.79 Å². The van der Waals surface area contributed by atoms with Crippen molar-refractivity contribution in [2.75, 3.05) is 19.5 Å². The molecule has 2 aromatic carbocycles. The molecule has 0 fully saturated rings. The number of hydrogen-bond acceptors (Lipinski definition) is 6. The van der Waals surface area contributed by atoms with Gasteiger partial charge in [-0.1, -0.05) is 0 Å². The molecule has 0 aliphatic rings. The van der Waals surface area contributed by atoms with Crippen LogP contribution in [0.15, 0.2) is 36.4 Å². The first kappa shape index (κ1) is 17.2. The van der Waals surface area contributed by atoms with E-state index in [-0.39, 0.29) is 0 Å². The van der Waals surface area contributed by atoms with E-state index < -0.39 is 12.0 Å². The monoisotopic (exact) mass is 325 g/mol. The molecule has 24 heavy (non-hydrogen) atoms. The molecule has 0 aromatic heterocycles. The summed E-state index contributed by atoms with van der Waals surface area (Å²) < 4.78 is 10.5. The average molecular weight is 325 g/mol. The molecular weight excluding hydrogens is 308 g/mol. The van der Waals surface area contributed by atoms with Crippen LogP contribution in [0.2, 0.25) is 0 Å². The van der Waals surface area contributed by atoms with Crippen molar-refractivity contribution in [1.82, 2.24) is 0 Å². The third kappa shape index (κ3) is 3.58. The molecule has 0 amide bonds. The quantitative estimate of drug-likeness (QED) is 0.870. The fourth-order valence-corrected chi connectivity index (χ4v) is 2.38. The van der Waals surface area contributed by atoms with Crippen LogP contribution in [0, 0.1) is 18.3 Å². The maximum atomic E-state index is 11.6. The number of rotatable bonds is 6. The van der Waals surface area contributed by atoms with Gasteiger partial charge in [0.2, 0.25) is 0 Å². The Bertz CT molecular complexity index is 779. The van der Waals surface area contributed by atoms with E-state index in [1.807, 2.05) is 6.07 Å². The first-order valence-electron chi connectivity index (χ1n) is 7.20. The van der Waals surface area contributed by atoms with E-state index in [1.165, 1.54) is 14.2 Å². The highest BCUT2D eigenvalue weighted by atomic mass is 16.5. The van der Waals surface area contributed by atoms with Gasteiger partial charge in [0.25, 0.3) is 0 Å². The average Bonchev–Trinajstić information content (AvgIpc) is 2.60. The fraction of sp³-hybridized carbons (Fsp3) is 0.222. The molecule has 1 N–H and O–H groups in total. The van der Waals surface area contributed by atoms with Gasteiger partial charge >= 0.3 is 0 Å². The minimum Gasteiger partial charge on any atom is -0.548 e. The normalized spacial score (nSPS) is 11.2. The maximum absolute atomic E-state index is 11.6. The van der Waals surface area contributed by atoms with Crippen molar-refractivity contribution in [1.29, 1.82) is 5.26 Å². The van der Waals surface area contributed by atoms with Gasteiger partial charge in [0.1, 0.15) is 0 Å². The van der Waals surface area contributed by atoms with Crippen molar-refractivity contribution in [2.24, 2.45) is 0 Å². The van der Waals surface area contributed by atoms with Crippen molar-refractivity contribution in [3.05, 3.63) is 53.1 Å². The lowest BCUT2D eigenvalue weighted by Crippen LogP contribution is -2.34. The van der Waals surface area contributed by atoms with Crippen LogP contribution in [0.25, 0.3) is 0 Å².